The van der Waals surface area contributed by atoms with Crippen LogP contribution in [-0.4, -0.2) is 50.1 Å². The van der Waals surface area contributed by atoms with Crippen LogP contribution in [0.4, 0.5) is 11.4 Å². The van der Waals surface area contributed by atoms with Crippen molar-refractivity contribution in [3.63, 3.8) is 0 Å². The molecule has 1 aliphatic heterocycles. The third-order valence-corrected chi connectivity index (χ3v) is 5.78. The molecule has 7 heteroatoms. The number of ether oxygens (including phenoxy) is 1. The summed E-state index contributed by atoms with van der Waals surface area (Å²) in [5.41, 5.74) is 2.24. The molecule has 28 heavy (non-hydrogen) atoms. The largest absolute Gasteiger partial charge is 0.493 e. The van der Waals surface area contributed by atoms with Crippen molar-refractivity contribution in [3.8, 4) is 5.75 Å². The molecule has 5 nitrogen and oxygen atoms in total. The SMILES string of the molecule is CCOc1ccc(C(=O)Nc2ccc(N3CCN(CC)CC3)c(Cl)c2)cc1Br. The highest BCUT2D eigenvalue weighted by Crippen LogP contribution is 2.30. The van der Waals surface area contributed by atoms with Gasteiger partial charge in [-0.2, -0.15) is 0 Å². The second-order valence-corrected chi connectivity index (χ2v) is 7.88. The molecule has 2 aromatic rings. The maximum absolute atomic E-state index is 12.6. The van der Waals surface area contributed by atoms with E-state index in [0.717, 1.165) is 48.6 Å². The molecule has 0 radical (unpaired) electrons. The number of nitrogens with zero attached hydrogens (tertiary/aromatic N) is 2. The highest BCUT2D eigenvalue weighted by Gasteiger charge is 2.18. The minimum Gasteiger partial charge on any atom is -0.493 e. The van der Waals surface area contributed by atoms with Crippen LogP contribution in [0, 0.1) is 0 Å². The summed E-state index contributed by atoms with van der Waals surface area (Å²) in [4.78, 5) is 17.3. The Morgan fingerprint density at radius 3 is 2.50 bits per heavy atom. The lowest BCUT2D eigenvalue weighted by atomic mass is 10.2. The van der Waals surface area contributed by atoms with Crippen molar-refractivity contribution in [3.05, 3.63) is 51.5 Å². The lowest BCUT2D eigenvalue weighted by molar-refractivity contribution is 0.102. The molecular formula is C21H25BrClN3O2. The lowest BCUT2D eigenvalue weighted by Gasteiger charge is -2.36. The molecule has 0 saturated carbocycles. The van der Waals surface area contributed by atoms with Gasteiger partial charge in [0.1, 0.15) is 5.75 Å². The molecule has 0 bridgehead atoms. The van der Waals surface area contributed by atoms with Gasteiger partial charge in [-0.05, 0) is 65.8 Å². The van der Waals surface area contributed by atoms with E-state index >= 15 is 0 Å². The number of nitrogens with one attached hydrogen (secondary N) is 1. The molecule has 150 valence electrons. The molecule has 2 aromatic carbocycles. The summed E-state index contributed by atoms with van der Waals surface area (Å²) in [5, 5.41) is 3.56. The topological polar surface area (TPSA) is 44.8 Å². The highest BCUT2D eigenvalue weighted by molar-refractivity contribution is 9.10. The van der Waals surface area contributed by atoms with Gasteiger partial charge in [-0.1, -0.05) is 18.5 Å². The van der Waals surface area contributed by atoms with Crippen molar-refractivity contribution in [2.45, 2.75) is 13.8 Å². The van der Waals surface area contributed by atoms with Gasteiger partial charge in [0.05, 0.1) is 21.8 Å². The maximum atomic E-state index is 12.6. The van der Waals surface area contributed by atoms with Gasteiger partial charge in [0, 0.05) is 37.4 Å². The molecule has 1 amide bonds. The van der Waals surface area contributed by atoms with Crippen LogP contribution in [-0.2, 0) is 0 Å². The average Bonchev–Trinajstić information content (AvgIpc) is 2.70. The monoisotopic (exact) mass is 465 g/mol. The van der Waals surface area contributed by atoms with E-state index in [1.165, 1.54) is 0 Å². The molecule has 0 aliphatic carbocycles. The molecule has 0 aromatic heterocycles. The number of halogens is 2. The maximum Gasteiger partial charge on any atom is 0.255 e. The lowest BCUT2D eigenvalue weighted by Crippen LogP contribution is -2.46. The normalized spacial score (nSPS) is 14.8. The van der Waals surface area contributed by atoms with Crippen molar-refractivity contribution >= 4 is 44.8 Å². The predicted molar refractivity (Wildman–Crippen MR) is 119 cm³/mol. The Kier molecular flexibility index (Phi) is 7.21. The molecule has 1 saturated heterocycles. The first-order valence-electron chi connectivity index (χ1n) is 9.52. The minimum absolute atomic E-state index is 0.191. The van der Waals surface area contributed by atoms with Crippen LogP contribution < -0.4 is 15.0 Å². The van der Waals surface area contributed by atoms with E-state index in [1.54, 1.807) is 18.2 Å². The van der Waals surface area contributed by atoms with Crippen LogP contribution in [0.15, 0.2) is 40.9 Å². The third-order valence-electron chi connectivity index (χ3n) is 4.86. The summed E-state index contributed by atoms with van der Waals surface area (Å²) in [7, 11) is 0. The number of hydrogen-bond acceptors (Lipinski definition) is 4. The number of likely N-dealkylation sites (N-methyl/N-ethyl adjacent to an activating group) is 1. The van der Waals surface area contributed by atoms with E-state index in [4.69, 9.17) is 16.3 Å². The Bertz CT molecular complexity index is 838. The van der Waals surface area contributed by atoms with E-state index < -0.39 is 0 Å². The van der Waals surface area contributed by atoms with Gasteiger partial charge in [0.2, 0.25) is 0 Å². The van der Waals surface area contributed by atoms with E-state index in [9.17, 15) is 4.79 Å². The second kappa shape index (κ2) is 9.63. The molecule has 0 spiro atoms. The fourth-order valence-electron chi connectivity index (χ4n) is 3.26. The van der Waals surface area contributed by atoms with Crippen LogP contribution in [0.25, 0.3) is 0 Å². The highest BCUT2D eigenvalue weighted by atomic mass is 79.9. The fourth-order valence-corrected chi connectivity index (χ4v) is 4.06. The molecular weight excluding hydrogens is 442 g/mol. The summed E-state index contributed by atoms with van der Waals surface area (Å²) in [6, 6.07) is 11.0. The molecule has 1 aliphatic rings. The molecule has 1 heterocycles. The Morgan fingerprint density at radius 1 is 1.14 bits per heavy atom. The summed E-state index contributed by atoms with van der Waals surface area (Å²) in [5.74, 6) is 0.527. The number of carbonyl (C=O) groups is 1. The minimum atomic E-state index is -0.191. The molecule has 0 atom stereocenters. The smallest absolute Gasteiger partial charge is 0.255 e. The first-order chi connectivity index (χ1) is 13.5. The average molecular weight is 467 g/mol. The number of piperazine rings is 1. The molecule has 1 fully saturated rings. The number of amides is 1. The van der Waals surface area contributed by atoms with E-state index in [0.29, 0.717) is 22.9 Å². The first kappa shape index (κ1) is 21.0. The first-order valence-corrected chi connectivity index (χ1v) is 10.7. The van der Waals surface area contributed by atoms with E-state index in [2.05, 4.69) is 38.0 Å². The number of anilines is 2. The molecule has 0 unspecified atom stereocenters. The summed E-state index contributed by atoms with van der Waals surface area (Å²) < 4.78 is 6.24. The molecule has 3 rings (SSSR count). The number of benzene rings is 2. The second-order valence-electron chi connectivity index (χ2n) is 6.62. The van der Waals surface area contributed by atoms with Gasteiger partial charge >= 0.3 is 0 Å². The van der Waals surface area contributed by atoms with E-state index in [-0.39, 0.29) is 5.91 Å². The van der Waals surface area contributed by atoms with Crippen LogP contribution in [0.1, 0.15) is 24.2 Å². The summed E-state index contributed by atoms with van der Waals surface area (Å²) >= 11 is 9.95. The van der Waals surface area contributed by atoms with Crippen molar-refractivity contribution in [1.29, 1.82) is 0 Å². The summed E-state index contributed by atoms with van der Waals surface area (Å²) in [6.45, 7) is 9.75. The summed E-state index contributed by atoms with van der Waals surface area (Å²) in [6.07, 6.45) is 0. The van der Waals surface area contributed by atoms with Crippen LogP contribution in [0.3, 0.4) is 0 Å². The number of hydrogen-bond donors (Lipinski definition) is 1. The third kappa shape index (κ3) is 4.99. The van der Waals surface area contributed by atoms with Gasteiger partial charge < -0.3 is 19.9 Å². The fraction of sp³-hybridized carbons (Fsp3) is 0.381. The Balaban J connectivity index is 1.67. The van der Waals surface area contributed by atoms with Gasteiger partial charge in [-0.25, -0.2) is 0 Å². The van der Waals surface area contributed by atoms with Gasteiger partial charge in [0.15, 0.2) is 0 Å². The van der Waals surface area contributed by atoms with Crippen LogP contribution in [0.5, 0.6) is 5.75 Å². The van der Waals surface area contributed by atoms with Gasteiger partial charge in [-0.3, -0.25) is 4.79 Å². The van der Waals surface area contributed by atoms with Crippen LogP contribution >= 0.6 is 27.5 Å². The Hall–Kier alpha value is -1.76. The Morgan fingerprint density at radius 2 is 1.89 bits per heavy atom. The standard InChI is InChI=1S/C21H25BrClN3O2/c1-3-25-9-11-26(12-10-25)19-7-6-16(14-18(19)23)24-21(27)15-5-8-20(28-4-2)17(22)13-15/h5-8,13-14H,3-4,9-12H2,1-2H3,(H,24,27). The predicted octanol–water partition coefficient (Wildman–Crippen LogP) is 4.90. The van der Waals surface area contributed by atoms with Gasteiger partial charge in [-0.15, -0.1) is 0 Å². The quantitative estimate of drug-likeness (QED) is 0.658. The van der Waals surface area contributed by atoms with Crippen molar-refractivity contribution in [2.24, 2.45) is 0 Å². The zero-order chi connectivity index (χ0) is 20.1. The van der Waals surface area contributed by atoms with Crippen molar-refractivity contribution in [1.82, 2.24) is 4.90 Å². The van der Waals surface area contributed by atoms with Crippen molar-refractivity contribution in [2.75, 3.05) is 49.5 Å². The molecule has 1 N–H and O–H groups in total. The van der Waals surface area contributed by atoms with Crippen molar-refractivity contribution < 1.29 is 9.53 Å². The number of rotatable bonds is 6. The van der Waals surface area contributed by atoms with E-state index in [1.807, 2.05) is 25.1 Å². The van der Waals surface area contributed by atoms with Gasteiger partial charge in [0.25, 0.3) is 5.91 Å². The van der Waals surface area contributed by atoms with Crippen LogP contribution in [0.2, 0.25) is 5.02 Å². The zero-order valence-corrected chi connectivity index (χ0v) is 18.5. The Labute approximate surface area is 179 Å². The zero-order valence-electron chi connectivity index (χ0n) is 16.2. The number of carbonyl (C=O) groups excluding carboxylic acids is 1.